The second kappa shape index (κ2) is 7.45. The van der Waals surface area contributed by atoms with Gasteiger partial charge in [-0.3, -0.25) is 9.59 Å². The van der Waals surface area contributed by atoms with Crippen molar-refractivity contribution in [1.29, 1.82) is 0 Å². The average Bonchev–Trinajstić information content (AvgIpc) is 3.25. The Labute approximate surface area is 144 Å². The molecule has 8 heteroatoms. The molecule has 1 saturated heterocycles. The molecule has 132 valence electrons. The molecule has 1 aliphatic heterocycles. The SMILES string of the molecule is Cc1oncc1C(=O)Nc1ccc(NC(=O)[C@@H]2CC[C@H](CN)O2)cc1. The Morgan fingerprint density at radius 1 is 1.20 bits per heavy atom. The quantitative estimate of drug-likeness (QED) is 0.759. The zero-order valence-corrected chi connectivity index (χ0v) is 13.8. The van der Waals surface area contributed by atoms with Gasteiger partial charge in [-0.25, -0.2) is 0 Å². The molecule has 0 bridgehead atoms. The monoisotopic (exact) mass is 344 g/mol. The van der Waals surface area contributed by atoms with Crippen LogP contribution >= 0.6 is 0 Å². The molecule has 1 aromatic heterocycles. The van der Waals surface area contributed by atoms with Crippen LogP contribution in [0.25, 0.3) is 0 Å². The highest BCUT2D eigenvalue weighted by molar-refractivity contribution is 6.04. The summed E-state index contributed by atoms with van der Waals surface area (Å²) in [6.07, 6.45) is 2.32. The fourth-order valence-electron chi connectivity index (χ4n) is 2.65. The van der Waals surface area contributed by atoms with Crippen LogP contribution in [-0.4, -0.2) is 35.7 Å². The van der Waals surface area contributed by atoms with Gasteiger partial charge in [-0.2, -0.15) is 0 Å². The molecular formula is C17H20N4O4. The van der Waals surface area contributed by atoms with Crippen LogP contribution in [0.5, 0.6) is 0 Å². The van der Waals surface area contributed by atoms with Crippen molar-refractivity contribution in [1.82, 2.24) is 5.16 Å². The average molecular weight is 344 g/mol. The highest BCUT2D eigenvalue weighted by Crippen LogP contribution is 2.21. The van der Waals surface area contributed by atoms with E-state index in [1.165, 1.54) is 6.20 Å². The zero-order valence-electron chi connectivity index (χ0n) is 13.8. The van der Waals surface area contributed by atoms with Crippen molar-refractivity contribution in [2.75, 3.05) is 17.2 Å². The summed E-state index contributed by atoms with van der Waals surface area (Å²) in [5, 5.41) is 9.12. The molecule has 3 rings (SSSR count). The van der Waals surface area contributed by atoms with E-state index in [0.29, 0.717) is 35.7 Å². The van der Waals surface area contributed by atoms with E-state index in [1.54, 1.807) is 31.2 Å². The minimum absolute atomic E-state index is 0.0470. The molecule has 2 amide bonds. The molecule has 1 aromatic carbocycles. The maximum Gasteiger partial charge on any atom is 0.260 e. The third-order valence-electron chi connectivity index (χ3n) is 4.07. The van der Waals surface area contributed by atoms with Gasteiger partial charge in [0.25, 0.3) is 11.8 Å². The number of nitrogens with two attached hydrogens (primary N) is 1. The topological polar surface area (TPSA) is 119 Å². The summed E-state index contributed by atoms with van der Waals surface area (Å²) in [7, 11) is 0. The van der Waals surface area contributed by atoms with Crippen molar-refractivity contribution in [3.8, 4) is 0 Å². The Morgan fingerprint density at radius 2 is 1.88 bits per heavy atom. The lowest BCUT2D eigenvalue weighted by Crippen LogP contribution is -2.29. The molecule has 25 heavy (non-hydrogen) atoms. The summed E-state index contributed by atoms with van der Waals surface area (Å²) in [6.45, 7) is 2.09. The molecule has 2 atom stereocenters. The number of carbonyl (C=O) groups excluding carboxylic acids is 2. The summed E-state index contributed by atoms with van der Waals surface area (Å²) in [5.74, 6) is -0.0377. The van der Waals surface area contributed by atoms with Crippen LogP contribution in [-0.2, 0) is 9.53 Å². The Bertz CT molecular complexity index is 756. The molecule has 1 fully saturated rings. The van der Waals surface area contributed by atoms with E-state index >= 15 is 0 Å². The molecule has 2 heterocycles. The van der Waals surface area contributed by atoms with Crippen molar-refractivity contribution < 1.29 is 18.8 Å². The van der Waals surface area contributed by atoms with Crippen molar-refractivity contribution in [3.63, 3.8) is 0 Å². The number of amides is 2. The third-order valence-corrected chi connectivity index (χ3v) is 4.07. The number of hydrogen-bond donors (Lipinski definition) is 3. The first-order valence-electron chi connectivity index (χ1n) is 8.06. The first-order chi connectivity index (χ1) is 12.1. The fourth-order valence-corrected chi connectivity index (χ4v) is 2.65. The van der Waals surface area contributed by atoms with Crippen molar-refractivity contribution >= 4 is 23.2 Å². The number of aromatic nitrogens is 1. The van der Waals surface area contributed by atoms with Gasteiger partial charge in [0.1, 0.15) is 17.4 Å². The highest BCUT2D eigenvalue weighted by atomic mass is 16.5. The molecule has 0 radical (unpaired) electrons. The van der Waals surface area contributed by atoms with Crippen LogP contribution in [0.15, 0.2) is 35.0 Å². The largest absolute Gasteiger partial charge is 0.364 e. The Morgan fingerprint density at radius 3 is 2.44 bits per heavy atom. The second-order valence-electron chi connectivity index (χ2n) is 5.88. The predicted octanol–water partition coefficient (Wildman–Crippen LogP) is 1.68. The molecule has 0 unspecified atom stereocenters. The van der Waals surface area contributed by atoms with E-state index in [2.05, 4.69) is 15.8 Å². The number of benzene rings is 1. The van der Waals surface area contributed by atoms with E-state index in [-0.39, 0.29) is 17.9 Å². The molecule has 0 spiro atoms. The lowest BCUT2D eigenvalue weighted by atomic mass is 10.2. The summed E-state index contributed by atoms with van der Waals surface area (Å²) in [6, 6.07) is 6.83. The maximum atomic E-state index is 12.2. The molecule has 2 aromatic rings. The number of ether oxygens (including phenoxy) is 1. The normalized spacial score (nSPS) is 19.6. The molecule has 8 nitrogen and oxygen atoms in total. The van der Waals surface area contributed by atoms with Gasteiger partial charge in [-0.1, -0.05) is 5.16 Å². The highest BCUT2D eigenvalue weighted by Gasteiger charge is 2.29. The number of nitrogens with one attached hydrogen (secondary N) is 2. The van der Waals surface area contributed by atoms with Crippen molar-refractivity contribution in [2.24, 2.45) is 5.73 Å². The number of nitrogens with zero attached hydrogens (tertiary/aromatic N) is 1. The maximum absolute atomic E-state index is 12.2. The number of carbonyl (C=O) groups is 2. The molecule has 1 aliphatic rings. The van der Waals surface area contributed by atoms with Crippen LogP contribution in [0.1, 0.15) is 29.0 Å². The first-order valence-corrected chi connectivity index (χ1v) is 8.06. The molecule has 0 aliphatic carbocycles. The summed E-state index contributed by atoms with van der Waals surface area (Å²) >= 11 is 0. The van der Waals surface area contributed by atoms with Gasteiger partial charge in [-0.05, 0) is 44.0 Å². The number of hydrogen-bond acceptors (Lipinski definition) is 6. The van der Waals surface area contributed by atoms with Gasteiger partial charge in [0.15, 0.2) is 0 Å². The van der Waals surface area contributed by atoms with Gasteiger partial charge in [0.2, 0.25) is 0 Å². The van der Waals surface area contributed by atoms with Gasteiger partial charge in [0.05, 0.1) is 12.3 Å². The van der Waals surface area contributed by atoms with Crippen molar-refractivity contribution in [2.45, 2.75) is 32.0 Å². The van der Waals surface area contributed by atoms with Crippen LogP contribution in [0.4, 0.5) is 11.4 Å². The Hall–Kier alpha value is -2.71. The Kier molecular flexibility index (Phi) is 5.11. The van der Waals surface area contributed by atoms with E-state index < -0.39 is 6.10 Å². The molecule has 4 N–H and O–H groups in total. The third kappa shape index (κ3) is 4.04. The fraction of sp³-hybridized carbons (Fsp3) is 0.353. The summed E-state index contributed by atoms with van der Waals surface area (Å²) in [5.41, 5.74) is 7.16. The van der Waals surface area contributed by atoms with Crippen molar-refractivity contribution in [3.05, 3.63) is 41.8 Å². The van der Waals surface area contributed by atoms with Gasteiger partial charge in [0, 0.05) is 17.9 Å². The van der Waals surface area contributed by atoms with Gasteiger partial charge < -0.3 is 25.6 Å². The first kappa shape index (κ1) is 17.1. The van der Waals surface area contributed by atoms with Crippen LogP contribution in [0.3, 0.4) is 0 Å². The summed E-state index contributed by atoms with van der Waals surface area (Å²) in [4.78, 5) is 24.3. The van der Waals surface area contributed by atoms with Crippen LogP contribution < -0.4 is 16.4 Å². The van der Waals surface area contributed by atoms with E-state index in [9.17, 15) is 9.59 Å². The van der Waals surface area contributed by atoms with Gasteiger partial charge >= 0.3 is 0 Å². The van der Waals surface area contributed by atoms with Gasteiger partial charge in [-0.15, -0.1) is 0 Å². The Balaban J connectivity index is 1.56. The number of anilines is 2. The lowest BCUT2D eigenvalue weighted by molar-refractivity contribution is -0.126. The standard InChI is InChI=1S/C17H20N4O4/c1-10-14(9-19-25-10)16(22)20-11-2-4-12(5-3-11)21-17(23)15-7-6-13(8-18)24-15/h2-5,9,13,15H,6-8,18H2,1H3,(H,20,22)(H,21,23)/t13-,15+/m1/s1. The zero-order chi connectivity index (χ0) is 17.8. The number of aryl methyl sites for hydroxylation is 1. The second-order valence-corrected chi connectivity index (χ2v) is 5.88. The van der Waals surface area contributed by atoms with E-state index in [0.717, 1.165) is 6.42 Å². The minimum Gasteiger partial charge on any atom is -0.364 e. The van der Waals surface area contributed by atoms with E-state index in [1.807, 2.05) is 0 Å². The van der Waals surface area contributed by atoms with Crippen LogP contribution in [0, 0.1) is 6.92 Å². The van der Waals surface area contributed by atoms with E-state index in [4.69, 9.17) is 15.0 Å². The number of rotatable bonds is 5. The van der Waals surface area contributed by atoms with Crippen LogP contribution in [0.2, 0.25) is 0 Å². The smallest absolute Gasteiger partial charge is 0.260 e. The predicted molar refractivity (Wildman–Crippen MR) is 91.2 cm³/mol. The molecule has 0 saturated carbocycles. The lowest BCUT2D eigenvalue weighted by Gasteiger charge is -2.13. The minimum atomic E-state index is -0.468. The molecular weight excluding hydrogens is 324 g/mol. The summed E-state index contributed by atoms with van der Waals surface area (Å²) < 4.78 is 10.4.